The second-order valence-electron chi connectivity index (χ2n) is 7.72. The molecule has 1 unspecified atom stereocenters. The predicted octanol–water partition coefficient (Wildman–Crippen LogP) is 3.79. The number of fused-ring (bicyclic) bond motifs is 1. The van der Waals surface area contributed by atoms with Crippen LogP contribution < -0.4 is 11.1 Å². The van der Waals surface area contributed by atoms with Gasteiger partial charge in [0.2, 0.25) is 0 Å². The molecule has 2 aromatic heterocycles. The van der Waals surface area contributed by atoms with Gasteiger partial charge in [-0.1, -0.05) is 35.0 Å². The Morgan fingerprint density at radius 3 is 2.57 bits per heavy atom. The molecule has 1 atom stereocenters. The van der Waals surface area contributed by atoms with Crippen LogP contribution in [0, 0.1) is 19.8 Å². The molecule has 3 N–H and O–H groups in total. The molecule has 148 valence electrons. The second-order valence-corrected chi connectivity index (χ2v) is 7.72. The van der Waals surface area contributed by atoms with Crippen LogP contribution in [0.15, 0.2) is 34.9 Å². The number of aromatic nitrogens is 2. The first-order valence-electron chi connectivity index (χ1n) is 9.28. The molecule has 0 spiro atoms. The van der Waals surface area contributed by atoms with E-state index in [2.05, 4.69) is 15.5 Å². The maximum atomic E-state index is 13.2. The minimum atomic E-state index is -0.401. The Balaban J connectivity index is 0.00000225. The number of pyridine rings is 1. The number of nitrogens with one attached hydrogen (secondary N) is 1. The molecule has 4 rings (SSSR count). The van der Waals surface area contributed by atoms with Crippen molar-refractivity contribution in [2.24, 2.45) is 11.7 Å². The molecule has 0 aliphatic heterocycles. The van der Waals surface area contributed by atoms with Crippen LogP contribution >= 0.6 is 12.4 Å². The molecule has 0 saturated heterocycles. The van der Waals surface area contributed by atoms with E-state index < -0.39 is 5.54 Å². The largest absolute Gasteiger partial charge is 0.345 e. The van der Waals surface area contributed by atoms with E-state index in [1.54, 1.807) is 0 Å². The fourth-order valence-corrected chi connectivity index (χ4v) is 3.51. The molecular formula is C21H25ClN4O2. The summed E-state index contributed by atoms with van der Waals surface area (Å²) in [7, 11) is 0. The van der Waals surface area contributed by atoms with Gasteiger partial charge in [-0.05, 0) is 45.6 Å². The SMILES string of the molecule is Cc1ccc(-c2cc(C(=O)NC(C)(CN)C3CC3)c3c(C)noc3n2)cc1.Cl. The van der Waals surface area contributed by atoms with E-state index in [1.807, 2.05) is 51.1 Å². The van der Waals surface area contributed by atoms with Crippen molar-refractivity contribution >= 4 is 29.4 Å². The van der Waals surface area contributed by atoms with Crippen molar-refractivity contribution in [1.82, 2.24) is 15.5 Å². The Kier molecular flexibility index (Phi) is 5.46. The normalized spacial score (nSPS) is 15.7. The first-order valence-corrected chi connectivity index (χ1v) is 9.28. The van der Waals surface area contributed by atoms with E-state index in [0.29, 0.717) is 40.5 Å². The predicted molar refractivity (Wildman–Crippen MR) is 112 cm³/mol. The van der Waals surface area contributed by atoms with Crippen molar-refractivity contribution < 1.29 is 9.32 Å². The van der Waals surface area contributed by atoms with Crippen molar-refractivity contribution in [2.75, 3.05) is 6.54 Å². The highest BCUT2D eigenvalue weighted by Crippen LogP contribution is 2.39. The minimum absolute atomic E-state index is 0. The maximum Gasteiger partial charge on any atom is 0.259 e. The average molecular weight is 401 g/mol. The Bertz CT molecular complexity index is 1010. The molecule has 0 bridgehead atoms. The van der Waals surface area contributed by atoms with Crippen molar-refractivity contribution in [1.29, 1.82) is 0 Å². The van der Waals surface area contributed by atoms with Crippen LogP contribution in [0.1, 0.15) is 41.4 Å². The third-order valence-corrected chi connectivity index (χ3v) is 5.51. The first kappa shape index (κ1) is 20.3. The zero-order chi connectivity index (χ0) is 19.2. The number of nitrogens with two attached hydrogens (primary N) is 1. The van der Waals surface area contributed by atoms with E-state index in [0.717, 1.165) is 24.0 Å². The van der Waals surface area contributed by atoms with Gasteiger partial charge < -0.3 is 15.6 Å². The molecule has 3 aromatic rings. The summed E-state index contributed by atoms with van der Waals surface area (Å²) in [5.41, 5.74) is 9.89. The van der Waals surface area contributed by atoms with Crippen molar-refractivity contribution in [3.8, 4) is 11.3 Å². The molecule has 28 heavy (non-hydrogen) atoms. The van der Waals surface area contributed by atoms with Gasteiger partial charge in [0.15, 0.2) is 0 Å². The molecular weight excluding hydrogens is 376 g/mol. The fraction of sp³-hybridized carbons (Fsp3) is 0.381. The van der Waals surface area contributed by atoms with Gasteiger partial charge in [-0.3, -0.25) is 4.79 Å². The number of carbonyl (C=O) groups is 1. The molecule has 1 amide bonds. The summed E-state index contributed by atoms with van der Waals surface area (Å²) >= 11 is 0. The average Bonchev–Trinajstić information content (AvgIpc) is 3.46. The van der Waals surface area contributed by atoms with E-state index in [4.69, 9.17) is 10.3 Å². The molecule has 6 nitrogen and oxygen atoms in total. The third kappa shape index (κ3) is 3.62. The van der Waals surface area contributed by atoms with Gasteiger partial charge in [0.05, 0.1) is 27.9 Å². The summed E-state index contributed by atoms with van der Waals surface area (Å²) in [6.45, 7) is 6.27. The fourth-order valence-electron chi connectivity index (χ4n) is 3.51. The Labute approximate surface area is 170 Å². The Morgan fingerprint density at radius 2 is 1.96 bits per heavy atom. The lowest BCUT2D eigenvalue weighted by Gasteiger charge is -2.29. The lowest BCUT2D eigenvalue weighted by molar-refractivity contribution is 0.0899. The van der Waals surface area contributed by atoms with E-state index >= 15 is 0 Å². The van der Waals surface area contributed by atoms with Gasteiger partial charge in [0.1, 0.15) is 0 Å². The molecule has 1 fully saturated rings. The number of carbonyl (C=O) groups excluding carboxylic acids is 1. The van der Waals surface area contributed by atoms with Crippen LogP contribution in [-0.4, -0.2) is 28.1 Å². The molecule has 0 radical (unpaired) electrons. The molecule has 1 aliphatic carbocycles. The third-order valence-electron chi connectivity index (χ3n) is 5.51. The second kappa shape index (κ2) is 7.53. The molecule has 1 aliphatic rings. The van der Waals surface area contributed by atoms with Crippen LogP contribution in [-0.2, 0) is 0 Å². The van der Waals surface area contributed by atoms with Crippen molar-refractivity contribution in [2.45, 2.75) is 39.2 Å². The molecule has 2 heterocycles. The Hall–Kier alpha value is -2.44. The number of amides is 1. The number of nitrogens with zero attached hydrogens (tertiary/aromatic N) is 2. The zero-order valence-corrected chi connectivity index (χ0v) is 17.1. The van der Waals surface area contributed by atoms with Crippen LogP contribution in [0.3, 0.4) is 0 Å². The van der Waals surface area contributed by atoms with Crippen LogP contribution in [0.2, 0.25) is 0 Å². The Morgan fingerprint density at radius 1 is 1.29 bits per heavy atom. The highest BCUT2D eigenvalue weighted by molar-refractivity contribution is 6.07. The quantitative estimate of drug-likeness (QED) is 0.679. The van der Waals surface area contributed by atoms with Crippen LogP contribution in [0.4, 0.5) is 0 Å². The molecule has 7 heteroatoms. The number of halogens is 1. The van der Waals surface area contributed by atoms with Crippen molar-refractivity contribution in [3.63, 3.8) is 0 Å². The van der Waals surface area contributed by atoms with E-state index in [1.165, 1.54) is 0 Å². The van der Waals surface area contributed by atoms with Crippen LogP contribution in [0.25, 0.3) is 22.4 Å². The van der Waals surface area contributed by atoms with E-state index in [9.17, 15) is 4.79 Å². The minimum Gasteiger partial charge on any atom is -0.345 e. The zero-order valence-electron chi connectivity index (χ0n) is 16.3. The maximum absolute atomic E-state index is 13.2. The summed E-state index contributed by atoms with van der Waals surface area (Å²) in [4.78, 5) is 17.8. The van der Waals surface area contributed by atoms with E-state index in [-0.39, 0.29) is 18.3 Å². The topological polar surface area (TPSA) is 94.0 Å². The van der Waals surface area contributed by atoms with Gasteiger partial charge in [0.25, 0.3) is 11.6 Å². The summed E-state index contributed by atoms with van der Waals surface area (Å²) < 4.78 is 5.38. The number of hydrogen-bond donors (Lipinski definition) is 2. The van der Waals surface area contributed by atoms with Gasteiger partial charge in [-0.25, -0.2) is 4.98 Å². The van der Waals surface area contributed by atoms with Gasteiger partial charge in [0, 0.05) is 12.1 Å². The van der Waals surface area contributed by atoms with Gasteiger partial charge in [-0.2, -0.15) is 0 Å². The van der Waals surface area contributed by atoms with Gasteiger partial charge in [-0.15, -0.1) is 12.4 Å². The lowest BCUT2D eigenvalue weighted by Crippen LogP contribution is -2.53. The summed E-state index contributed by atoms with van der Waals surface area (Å²) in [6.07, 6.45) is 2.20. The first-order chi connectivity index (χ1) is 12.9. The lowest BCUT2D eigenvalue weighted by atomic mass is 9.95. The standard InChI is InChI=1S/C21H24N4O2.ClH/c1-12-4-6-14(7-5-12)17-10-16(18-13(2)25-27-20(18)23-17)19(26)24-21(3,11-22)15-8-9-15;/h4-7,10,15H,8-9,11,22H2,1-3H3,(H,24,26);1H. The summed E-state index contributed by atoms with van der Waals surface area (Å²) in [5, 5.41) is 7.82. The highest BCUT2D eigenvalue weighted by Gasteiger charge is 2.42. The molecule has 1 aromatic carbocycles. The number of rotatable bonds is 5. The molecule has 1 saturated carbocycles. The highest BCUT2D eigenvalue weighted by atomic mass is 35.5. The van der Waals surface area contributed by atoms with Crippen molar-refractivity contribution in [3.05, 3.63) is 47.2 Å². The number of benzene rings is 1. The monoisotopic (exact) mass is 400 g/mol. The number of aryl methyl sites for hydroxylation is 2. The smallest absolute Gasteiger partial charge is 0.259 e. The van der Waals surface area contributed by atoms with Crippen LogP contribution in [0.5, 0.6) is 0 Å². The van der Waals surface area contributed by atoms with Gasteiger partial charge >= 0.3 is 0 Å². The summed E-state index contributed by atoms with van der Waals surface area (Å²) in [5.74, 6) is 0.269. The summed E-state index contributed by atoms with van der Waals surface area (Å²) in [6, 6.07) is 9.83. The number of hydrogen-bond acceptors (Lipinski definition) is 5.